The Balaban J connectivity index is 0.00000128. The summed E-state index contributed by atoms with van der Waals surface area (Å²) in [5.74, 6) is 1.13. The predicted octanol–water partition coefficient (Wildman–Crippen LogP) is -1.10. The molecule has 2 atom stereocenters. The van der Waals surface area contributed by atoms with E-state index in [1.54, 1.807) is 0 Å². The Morgan fingerprint density at radius 1 is 1.44 bits per heavy atom. The third-order valence-electron chi connectivity index (χ3n) is 2.68. The normalized spacial score (nSPS) is 21.1. The fourth-order valence-corrected chi connectivity index (χ4v) is 2.72. The topological polar surface area (TPSA) is 23.2 Å². The van der Waals surface area contributed by atoms with Crippen molar-refractivity contribution < 1.29 is 26.7 Å². The summed E-state index contributed by atoms with van der Waals surface area (Å²) in [4.78, 5) is 0. The number of halogens is 1. The predicted molar refractivity (Wildman–Crippen MR) is 64.5 cm³/mol. The monoisotopic (exact) mass is 301 g/mol. The lowest BCUT2D eigenvalue weighted by Gasteiger charge is -2.10. The number of rotatable bonds is 3. The molecule has 0 radical (unpaired) electrons. The van der Waals surface area contributed by atoms with Crippen LogP contribution in [0.25, 0.3) is 0 Å². The molecule has 1 N–H and O–H groups in total. The Bertz CT molecular complexity index is 355. The minimum Gasteiger partial charge on any atom is -1.00 e. The van der Waals surface area contributed by atoms with Crippen LogP contribution < -0.4 is 17.0 Å². The van der Waals surface area contributed by atoms with Crippen molar-refractivity contribution in [1.82, 2.24) is 0 Å². The molecule has 1 aromatic rings. The number of thioether (sulfide) groups is 1. The lowest BCUT2D eigenvalue weighted by Crippen LogP contribution is -3.00. The molecule has 1 aromatic carbocycles. The minimum absolute atomic E-state index is 0. The largest absolute Gasteiger partial charge is 1.00 e. The van der Waals surface area contributed by atoms with E-state index in [-0.39, 0.29) is 23.1 Å². The van der Waals surface area contributed by atoms with Gasteiger partial charge in [0.25, 0.3) is 0 Å². The summed E-state index contributed by atoms with van der Waals surface area (Å²) in [6, 6.07) is 10.4. The molecule has 16 heavy (non-hydrogen) atoms. The summed E-state index contributed by atoms with van der Waals surface area (Å²) in [6.07, 6.45) is -0.386. The molecule has 0 spiro atoms. The Kier molecular flexibility index (Phi) is 5.52. The molecule has 2 rings (SSSR count). The number of aliphatic hydroxyl groups excluding tert-OH is 1. The van der Waals surface area contributed by atoms with Gasteiger partial charge in [0.15, 0.2) is 18.1 Å². The van der Waals surface area contributed by atoms with Crippen LogP contribution in [0.1, 0.15) is 18.6 Å². The summed E-state index contributed by atoms with van der Waals surface area (Å²) in [6.45, 7) is 2.88. The molecular weight excluding hydrogens is 286 g/mol. The molecule has 1 aliphatic heterocycles. The average Bonchev–Trinajstić information content (AvgIpc) is 2.66. The fourth-order valence-electron chi connectivity index (χ4n) is 1.68. The molecule has 0 amide bonds. The Labute approximate surface area is 111 Å². The van der Waals surface area contributed by atoms with E-state index < -0.39 is 0 Å². The quantitative estimate of drug-likeness (QED) is 0.717. The molecule has 0 bridgehead atoms. The summed E-state index contributed by atoms with van der Waals surface area (Å²) < 4.78 is 2.21. The highest BCUT2D eigenvalue weighted by molar-refractivity contribution is 8.12. The van der Waals surface area contributed by atoms with E-state index in [0.717, 1.165) is 11.3 Å². The zero-order chi connectivity index (χ0) is 10.7. The molecule has 0 aromatic heterocycles. The van der Waals surface area contributed by atoms with Crippen LogP contribution >= 0.6 is 11.8 Å². The molecule has 2 nitrogen and oxygen atoms in total. The first-order chi connectivity index (χ1) is 7.27. The van der Waals surface area contributed by atoms with Crippen LogP contribution in [0.3, 0.4) is 0 Å². The minimum atomic E-state index is -0.386. The number of hydrogen-bond acceptors (Lipinski definition) is 2. The molecule has 0 fully saturated rings. The van der Waals surface area contributed by atoms with E-state index in [0.29, 0.717) is 12.6 Å². The molecule has 0 aliphatic carbocycles. The Morgan fingerprint density at radius 3 is 2.69 bits per heavy atom. The van der Waals surface area contributed by atoms with Gasteiger partial charge < -0.3 is 22.1 Å². The second-order valence-electron chi connectivity index (χ2n) is 3.91. The van der Waals surface area contributed by atoms with Crippen molar-refractivity contribution in [2.24, 2.45) is 0 Å². The summed E-state index contributed by atoms with van der Waals surface area (Å²) in [5.41, 5.74) is 3.12. The number of β-amino-alcohol motifs (C(OH)–C–C–N with tert-alkyl or cyclic N) is 1. The maximum Gasteiger partial charge on any atom is 0.198 e. The summed E-state index contributed by atoms with van der Waals surface area (Å²) >= 11 is 1.82. The number of nitrogens with zero attached hydrogens (tertiary/aromatic N) is 1. The lowest BCUT2D eigenvalue weighted by molar-refractivity contribution is -0.557. The molecular formula is C12H16BrNOS. The van der Waals surface area contributed by atoms with E-state index in [1.165, 1.54) is 0 Å². The van der Waals surface area contributed by atoms with Crippen LogP contribution in [0.4, 0.5) is 0 Å². The lowest BCUT2D eigenvalue weighted by atomic mass is 10.1. The van der Waals surface area contributed by atoms with Crippen LogP contribution in [0, 0.1) is 0 Å². The van der Waals surface area contributed by atoms with Crippen molar-refractivity contribution in [2.75, 3.05) is 12.3 Å². The maximum atomic E-state index is 10.0. The van der Waals surface area contributed by atoms with E-state index >= 15 is 0 Å². The number of aliphatic hydroxyl groups is 1. The molecule has 1 aliphatic rings. The maximum absolute atomic E-state index is 10.0. The smallest absolute Gasteiger partial charge is 0.198 e. The Morgan fingerprint density at radius 2 is 2.12 bits per heavy atom. The van der Waals surface area contributed by atoms with Gasteiger partial charge in [-0.2, -0.15) is 0 Å². The summed E-state index contributed by atoms with van der Waals surface area (Å²) in [7, 11) is 0. The van der Waals surface area contributed by atoms with Gasteiger partial charge in [0.2, 0.25) is 0 Å². The highest BCUT2D eigenvalue weighted by Gasteiger charge is 2.24. The van der Waals surface area contributed by atoms with Crippen molar-refractivity contribution in [1.29, 1.82) is 0 Å². The van der Waals surface area contributed by atoms with Gasteiger partial charge in [0, 0.05) is 0 Å². The van der Waals surface area contributed by atoms with Crippen molar-refractivity contribution >= 4 is 17.3 Å². The van der Waals surface area contributed by atoms with Gasteiger partial charge in [-0.3, -0.25) is 0 Å². The van der Waals surface area contributed by atoms with Crippen LogP contribution in [-0.4, -0.2) is 33.6 Å². The van der Waals surface area contributed by atoms with E-state index in [1.807, 2.05) is 42.1 Å². The third-order valence-corrected chi connectivity index (χ3v) is 3.78. The molecule has 0 saturated heterocycles. The first-order valence-electron chi connectivity index (χ1n) is 5.21. The fraction of sp³-hybridized carbons (Fsp3) is 0.417. The Hall–Kier alpha value is -0.320. The molecule has 0 saturated carbocycles. The van der Waals surface area contributed by atoms with Crippen molar-refractivity contribution in [3.8, 4) is 0 Å². The standard InChI is InChI=1S/C12H16NOS.BrH/c1-10-8-15-9-13(10)7-12(14)11-5-3-2-4-6-11;/h2-6,9-10,12,14H,7-8H2,1H3;1H/q+1;/p-1. The van der Waals surface area contributed by atoms with Crippen molar-refractivity contribution in [2.45, 2.75) is 19.1 Å². The van der Waals surface area contributed by atoms with Crippen LogP contribution in [0.2, 0.25) is 0 Å². The van der Waals surface area contributed by atoms with Gasteiger partial charge >= 0.3 is 0 Å². The van der Waals surface area contributed by atoms with Crippen LogP contribution in [-0.2, 0) is 0 Å². The van der Waals surface area contributed by atoms with Crippen LogP contribution in [0.15, 0.2) is 30.3 Å². The second-order valence-corrected chi connectivity index (χ2v) is 4.79. The van der Waals surface area contributed by atoms with Gasteiger partial charge in [-0.05, 0) is 12.5 Å². The first kappa shape index (κ1) is 13.7. The highest BCUT2D eigenvalue weighted by Crippen LogP contribution is 2.17. The first-order valence-corrected chi connectivity index (χ1v) is 6.26. The van der Waals surface area contributed by atoms with E-state index in [4.69, 9.17) is 0 Å². The molecule has 4 heteroatoms. The van der Waals surface area contributed by atoms with E-state index in [9.17, 15) is 5.11 Å². The number of benzene rings is 1. The van der Waals surface area contributed by atoms with Gasteiger partial charge in [0.1, 0.15) is 6.10 Å². The van der Waals surface area contributed by atoms with E-state index in [2.05, 4.69) is 17.0 Å². The zero-order valence-corrected chi connectivity index (χ0v) is 11.6. The molecule has 2 unspecified atom stereocenters. The molecule has 1 heterocycles. The number of hydrogen-bond donors (Lipinski definition) is 1. The second kappa shape index (κ2) is 6.42. The average molecular weight is 302 g/mol. The van der Waals surface area contributed by atoms with Gasteiger partial charge in [-0.1, -0.05) is 42.1 Å². The van der Waals surface area contributed by atoms with Gasteiger partial charge in [-0.15, -0.1) is 0 Å². The van der Waals surface area contributed by atoms with Crippen molar-refractivity contribution in [3.63, 3.8) is 0 Å². The van der Waals surface area contributed by atoms with Gasteiger partial charge in [0.05, 0.1) is 5.75 Å². The van der Waals surface area contributed by atoms with Crippen LogP contribution in [0.5, 0.6) is 0 Å². The molecule has 88 valence electrons. The summed E-state index contributed by atoms with van der Waals surface area (Å²) in [5, 5.41) is 10.0. The third kappa shape index (κ3) is 3.34. The van der Waals surface area contributed by atoms with Crippen molar-refractivity contribution in [3.05, 3.63) is 35.9 Å². The van der Waals surface area contributed by atoms with Gasteiger partial charge in [-0.25, -0.2) is 4.58 Å². The zero-order valence-electron chi connectivity index (χ0n) is 9.21. The SMILES string of the molecule is CC1CSC=[N+]1CC(O)c1ccccc1.[Br-]. The highest BCUT2D eigenvalue weighted by atomic mass is 79.9.